The van der Waals surface area contributed by atoms with Gasteiger partial charge in [0.05, 0.1) is 6.10 Å². The van der Waals surface area contributed by atoms with Crippen LogP contribution >= 0.6 is 0 Å². The third-order valence-corrected chi connectivity index (χ3v) is 4.48. The van der Waals surface area contributed by atoms with E-state index in [0.29, 0.717) is 12.0 Å². The van der Waals surface area contributed by atoms with Crippen LogP contribution in [-0.2, 0) is 14.6 Å². The maximum atomic E-state index is 11.1. The van der Waals surface area contributed by atoms with Crippen molar-refractivity contribution in [2.45, 2.75) is 45.3 Å². The summed E-state index contributed by atoms with van der Waals surface area (Å²) in [7, 11) is -2.83. The highest BCUT2D eigenvalue weighted by Gasteiger charge is 2.31. The molecule has 5 heteroatoms. The maximum absolute atomic E-state index is 11.1. The first kappa shape index (κ1) is 14.9. The number of hydrogen-bond donors (Lipinski definition) is 1. The van der Waals surface area contributed by atoms with Gasteiger partial charge in [-0.05, 0) is 32.7 Å². The van der Waals surface area contributed by atoms with Crippen molar-refractivity contribution in [1.82, 2.24) is 5.32 Å². The molecule has 1 N–H and O–H groups in total. The molecule has 102 valence electrons. The third kappa shape index (κ3) is 5.36. The van der Waals surface area contributed by atoms with Gasteiger partial charge < -0.3 is 10.1 Å². The normalized spacial score (nSPS) is 27.2. The van der Waals surface area contributed by atoms with Gasteiger partial charge in [0.15, 0.2) is 0 Å². The molecule has 3 atom stereocenters. The van der Waals surface area contributed by atoms with E-state index in [4.69, 9.17) is 4.74 Å². The summed E-state index contributed by atoms with van der Waals surface area (Å²) in [6.07, 6.45) is 4.32. The molecule has 0 bridgehead atoms. The van der Waals surface area contributed by atoms with Gasteiger partial charge in [-0.25, -0.2) is 8.42 Å². The number of hydrogen-bond acceptors (Lipinski definition) is 4. The number of rotatable bonds is 7. The fraction of sp³-hybridized carbons (Fsp3) is 1.00. The fourth-order valence-corrected chi connectivity index (χ4v) is 3.26. The number of ether oxygens (including phenoxy) is 1. The highest BCUT2D eigenvalue weighted by Crippen LogP contribution is 2.26. The van der Waals surface area contributed by atoms with Crippen LogP contribution in [0.4, 0.5) is 0 Å². The summed E-state index contributed by atoms with van der Waals surface area (Å²) in [5.41, 5.74) is 0. The lowest BCUT2D eigenvalue weighted by molar-refractivity contribution is 0.0944. The average molecular weight is 263 g/mol. The molecule has 0 saturated carbocycles. The largest absolute Gasteiger partial charge is 0.378 e. The first-order valence-electron chi connectivity index (χ1n) is 6.46. The van der Waals surface area contributed by atoms with Crippen molar-refractivity contribution in [2.75, 3.05) is 25.2 Å². The molecule has 1 saturated heterocycles. The van der Waals surface area contributed by atoms with Crippen LogP contribution in [0.1, 0.15) is 33.1 Å². The van der Waals surface area contributed by atoms with E-state index >= 15 is 0 Å². The van der Waals surface area contributed by atoms with E-state index in [1.807, 2.05) is 0 Å². The van der Waals surface area contributed by atoms with E-state index in [2.05, 4.69) is 19.2 Å². The van der Waals surface area contributed by atoms with Crippen molar-refractivity contribution in [1.29, 1.82) is 0 Å². The van der Waals surface area contributed by atoms with E-state index in [-0.39, 0.29) is 11.9 Å². The Morgan fingerprint density at radius 2 is 2.18 bits per heavy atom. The van der Waals surface area contributed by atoms with Gasteiger partial charge in [-0.15, -0.1) is 0 Å². The Labute approximate surface area is 105 Å². The lowest BCUT2D eigenvalue weighted by Gasteiger charge is -2.26. The molecule has 0 spiro atoms. The summed E-state index contributed by atoms with van der Waals surface area (Å²) in [6, 6.07) is 0.388. The molecule has 1 aliphatic rings. The predicted molar refractivity (Wildman–Crippen MR) is 69.9 cm³/mol. The van der Waals surface area contributed by atoms with Crippen LogP contribution in [0.5, 0.6) is 0 Å². The smallest absolute Gasteiger partial charge is 0.147 e. The van der Waals surface area contributed by atoms with Crippen LogP contribution in [0.3, 0.4) is 0 Å². The lowest BCUT2D eigenvalue weighted by atomic mass is 9.90. The molecule has 3 unspecified atom stereocenters. The van der Waals surface area contributed by atoms with E-state index in [9.17, 15) is 8.42 Å². The van der Waals surface area contributed by atoms with Crippen LogP contribution in [0.25, 0.3) is 0 Å². The highest BCUT2D eigenvalue weighted by atomic mass is 32.2. The number of nitrogens with one attached hydrogen (secondary N) is 1. The lowest BCUT2D eigenvalue weighted by Crippen LogP contribution is -2.39. The predicted octanol–water partition coefficient (Wildman–Crippen LogP) is 1.21. The zero-order chi connectivity index (χ0) is 12.9. The van der Waals surface area contributed by atoms with Crippen molar-refractivity contribution in [3.8, 4) is 0 Å². The van der Waals surface area contributed by atoms with Gasteiger partial charge in [-0.3, -0.25) is 0 Å². The summed E-state index contributed by atoms with van der Waals surface area (Å²) < 4.78 is 27.8. The molecule has 0 aliphatic carbocycles. The minimum atomic E-state index is -2.83. The fourth-order valence-electron chi connectivity index (χ4n) is 2.57. The summed E-state index contributed by atoms with van der Waals surface area (Å²) >= 11 is 0. The summed E-state index contributed by atoms with van der Waals surface area (Å²) in [6.45, 7) is 5.95. The van der Waals surface area contributed by atoms with Gasteiger partial charge in [-0.1, -0.05) is 6.92 Å². The van der Waals surface area contributed by atoms with Gasteiger partial charge in [-0.2, -0.15) is 0 Å². The molecule has 17 heavy (non-hydrogen) atoms. The Kier molecular flexibility index (Phi) is 5.89. The quantitative estimate of drug-likeness (QED) is 0.750. The van der Waals surface area contributed by atoms with E-state index in [1.54, 1.807) is 0 Å². The summed E-state index contributed by atoms with van der Waals surface area (Å²) in [5, 5.41) is 3.47. The second-order valence-electron chi connectivity index (χ2n) is 4.96. The monoisotopic (exact) mass is 263 g/mol. The standard InChI is InChI=1S/C12H25NO3S/c1-4-13-12(6-5-9-17(3,14)15)11-7-8-16-10(11)2/h10-13H,4-9H2,1-3H3. The van der Waals surface area contributed by atoms with Crippen LogP contribution < -0.4 is 5.32 Å². The Bertz CT molecular complexity index is 316. The van der Waals surface area contributed by atoms with Crippen LogP contribution in [0.2, 0.25) is 0 Å². The summed E-state index contributed by atoms with van der Waals surface area (Å²) in [5.74, 6) is 0.811. The highest BCUT2D eigenvalue weighted by molar-refractivity contribution is 7.90. The zero-order valence-corrected chi connectivity index (χ0v) is 11.9. The molecule has 4 nitrogen and oxygen atoms in total. The minimum Gasteiger partial charge on any atom is -0.378 e. The van der Waals surface area contributed by atoms with Crippen molar-refractivity contribution in [3.63, 3.8) is 0 Å². The first-order valence-corrected chi connectivity index (χ1v) is 8.52. The van der Waals surface area contributed by atoms with Crippen molar-refractivity contribution < 1.29 is 13.2 Å². The van der Waals surface area contributed by atoms with Crippen LogP contribution in [-0.4, -0.2) is 45.7 Å². The third-order valence-electron chi connectivity index (χ3n) is 3.45. The van der Waals surface area contributed by atoms with Crippen molar-refractivity contribution in [2.24, 2.45) is 5.92 Å². The van der Waals surface area contributed by atoms with Crippen LogP contribution in [0, 0.1) is 5.92 Å². The van der Waals surface area contributed by atoms with Gasteiger partial charge in [0.1, 0.15) is 9.84 Å². The molecule has 1 rings (SSSR count). The molecule has 1 aliphatic heterocycles. The second-order valence-corrected chi connectivity index (χ2v) is 7.22. The van der Waals surface area contributed by atoms with Crippen molar-refractivity contribution in [3.05, 3.63) is 0 Å². The Morgan fingerprint density at radius 3 is 2.65 bits per heavy atom. The first-order chi connectivity index (χ1) is 7.94. The van der Waals surface area contributed by atoms with Gasteiger partial charge in [0.2, 0.25) is 0 Å². The molecule has 1 heterocycles. The van der Waals surface area contributed by atoms with Crippen LogP contribution in [0.15, 0.2) is 0 Å². The zero-order valence-electron chi connectivity index (χ0n) is 11.1. The van der Waals surface area contributed by atoms with Gasteiger partial charge >= 0.3 is 0 Å². The van der Waals surface area contributed by atoms with Gasteiger partial charge in [0.25, 0.3) is 0 Å². The maximum Gasteiger partial charge on any atom is 0.147 e. The van der Waals surface area contributed by atoms with Crippen molar-refractivity contribution >= 4 is 9.84 Å². The molecule has 0 aromatic heterocycles. The molecular weight excluding hydrogens is 238 g/mol. The topological polar surface area (TPSA) is 55.4 Å². The molecule has 0 amide bonds. The molecule has 0 aromatic rings. The Hall–Kier alpha value is -0.130. The van der Waals surface area contributed by atoms with E-state index in [1.165, 1.54) is 6.26 Å². The number of sulfone groups is 1. The molecule has 0 aromatic carbocycles. The molecular formula is C12H25NO3S. The molecule has 1 fully saturated rings. The minimum absolute atomic E-state index is 0.289. The van der Waals surface area contributed by atoms with Gasteiger partial charge in [0, 0.05) is 30.6 Å². The Balaban J connectivity index is 2.43. The second kappa shape index (κ2) is 6.71. The Morgan fingerprint density at radius 1 is 1.47 bits per heavy atom. The average Bonchev–Trinajstić information content (AvgIpc) is 2.61. The molecule has 0 radical (unpaired) electrons. The van der Waals surface area contributed by atoms with E-state index in [0.717, 1.165) is 32.4 Å². The summed E-state index contributed by atoms with van der Waals surface area (Å²) in [4.78, 5) is 0. The van der Waals surface area contributed by atoms with E-state index < -0.39 is 9.84 Å². The SMILES string of the molecule is CCNC(CCCS(C)(=O)=O)C1CCOC1C.